The van der Waals surface area contributed by atoms with Gasteiger partial charge in [0.25, 0.3) is 0 Å². The van der Waals surface area contributed by atoms with E-state index in [1.165, 1.54) is 19.3 Å². The largest absolute Gasteiger partial charge is 0.0654 e. The summed E-state index contributed by atoms with van der Waals surface area (Å²) >= 11 is 0. The van der Waals surface area contributed by atoms with E-state index in [1.807, 2.05) is 0 Å². The Bertz CT molecular complexity index is 108. The van der Waals surface area contributed by atoms with Crippen LogP contribution in [0.5, 0.6) is 0 Å². The van der Waals surface area contributed by atoms with Crippen LogP contribution in [0.15, 0.2) is 0 Å². The van der Waals surface area contributed by atoms with E-state index in [0.29, 0.717) is 0 Å². The van der Waals surface area contributed by atoms with Gasteiger partial charge in [0.1, 0.15) is 0 Å². The van der Waals surface area contributed by atoms with Crippen molar-refractivity contribution in [3.8, 4) is 0 Å². The van der Waals surface area contributed by atoms with Gasteiger partial charge in [0, 0.05) is 0 Å². The SMILES string of the molecule is [CH2]C(C)(C)C(C)C(CC)CCC. The van der Waals surface area contributed by atoms with Gasteiger partial charge in [-0.15, -0.1) is 0 Å². The lowest BCUT2D eigenvalue weighted by Gasteiger charge is -2.33. The van der Waals surface area contributed by atoms with E-state index < -0.39 is 0 Å². The van der Waals surface area contributed by atoms with Gasteiger partial charge in [-0.3, -0.25) is 0 Å². The molecule has 0 bridgehead atoms. The van der Waals surface area contributed by atoms with E-state index in [2.05, 4.69) is 41.5 Å². The van der Waals surface area contributed by atoms with Gasteiger partial charge in [-0.1, -0.05) is 53.9 Å². The first-order valence-electron chi connectivity index (χ1n) is 5.28. The zero-order valence-electron chi connectivity index (χ0n) is 9.48. The first-order chi connectivity index (χ1) is 5.43. The lowest BCUT2D eigenvalue weighted by molar-refractivity contribution is 0.189. The van der Waals surface area contributed by atoms with E-state index >= 15 is 0 Å². The summed E-state index contributed by atoms with van der Waals surface area (Å²) in [5.74, 6) is 1.60. The fourth-order valence-corrected chi connectivity index (χ4v) is 1.82. The van der Waals surface area contributed by atoms with Gasteiger partial charge >= 0.3 is 0 Å². The molecule has 0 saturated heterocycles. The Morgan fingerprint density at radius 1 is 1.25 bits per heavy atom. The second-order valence-electron chi connectivity index (χ2n) is 4.73. The zero-order chi connectivity index (χ0) is 9.78. The molecular weight excluding hydrogens is 144 g/mol. The highest BCUT2D eigenvalue weighted by molar-refractivity contribution is 4.81. The summed E-state index contributed by atoms with van der Waals surface area (Å²) in [4.78, 5) is 0. The Kier molecular flexibility index (Phi) is 4.89. The Morgan fingerprint density at radius 2 is 1.75 bits per heavy atom. The fraction of sp³-hybridized carbons (Fsp3) is 0.917. The van der Waals surface area contributed by atoms with E-state index in [-0.39, 0.29) is 5.41 Å². The standard InChI is InChI=1S/C12H25/c1-7-9-11(8-2)10(3)12(4,5)6/h10-11H,4,7-9H2,1-3,5-6H3. The molecule has 0 aromatic carbocycles. The highest BCUT2D eigenvalue weighted by Crippen LogP contribution is 2.35. The fourth-order valence-electron chi connectivity index (χ4n) is 1.82. The lowest BCUT2D eigenvalue weighted by atomic mass is 9.72. The van der Waals surface area contributed by atoms with Gasteiger partial charge in [-0.05, 0) is 24.2 Å². The molecular formula is C12H25. The summed E-state index contributed by atoms with van der Waals surface area (Å²) in [5.41, 5.74) is 0.232. The maximum atomic E-state index is 4.22. The zero-order valence-corrected chi connectivity index (χ0v) is 9.48. The van der Waals surface area contributed by atoms with Crippen molar-refractivity contribution in [1.82, 2.24) is 0 Å². The predicted octanol–water partition coefficient (Wildman–Crippen LogP) is 4.31. The van der Waals surface area contributed by atoms with Crippen molar-refractivity contribution in [2.24, 2.45) is 17.3 Å². The van der Waals surface area contributed by atoms with Gasteiger partial charge in [0.15, 0.2) is 0 Å². The molecule has 0 rings (SSSR count). The average molecular weight is 169 g/mol. The van der Waals surface area contributed by atoms with Crippen LogP contribution in [-0.2, 0) is 0 Å². The molecule has 0 aliphatic heterocycles. The molecule has 0 aliphatic rings. The summed E-state index contributed by atoms with van der Waals surface area (Å²) in [5, 5.41) is 0. The molecule has 73 valence electrons. The molecule has 0 nitrogen and oxygen atoms in total. The van der Waals surface area contributed by atoms with E-state index in [4.69, 9.17) is 0 Å². The van der Waals surface area contributed by atoms with Gasteiger partial charge in [0.2, 0.25) is 0 Å². The molecule has 0 N–H and O–H groups in total. The van der Waals surface area contributed by atoms with E-state index in [9.17, 15) is 0 Å². The van der Waals surface area contributed by atoms with Crippen molar-refractivity contribution in [3.05, 3.63) is 6.92 Å². The molecule has 12 heavy (non-hydrogen) atoms. The first kappa shape index (κ1) is 12.0. The summed E-state index contributed by atoms with van der Waals surface area (Å²) in [6.07, 6.45) is 3.96. The van der Waals surface area contributed by atoms with Crippen LogP contribution < -0.4 is 0 Å². The molecule has 0 heteroatoms. The molecule has 0 heterocycles. The van der Waals surface area contributed by atoms with Crippen LogP contribution in [0.1, 0.15) is 53.9 Å². The smallest absolute Gasteiger partial charge is 0.0326 e. The molecule has 0 fully saturated rings. The molecule has 0 aromatic heterocycles. The average Bonchev–Trinajstić information content (AvgIpc) is 1.97. The Balaban J connectivity index is 4.11. The molecule has 1 radical (unpaired) electrons. The maximum Gasteiger partial charge on any atom is -0.0326 e. The van der Waals surface area contributed by atoms with Gasteiger partial charge < -0.3 is 0 Å². The van der Waals surface area contributed by atoms with Crippen molar-refractivity contribution >= 4 is 0 Å². The molecule has 0 amide bonds. The van der Waals surface area contributed by atoms with Gasteiger partial charge in [0.05, 0.1) is 0 Å². The molecule has 0 aliphatic carbocycles. The van der Waals surface area contributed by atoms with Crippen molar-refractivity contribution < 1.29 is 0 Å². The lowest BCUT2D eigenvalue weighted by Crippen LogP contribution is -2.25. The topological polar surface area (TPSA) is 0 Å². The number of rotatable bonds is 5. The van der Waals surface area contributed by atoms with Crippen LogP contribution >= 0.6 is 0 Å². The minimum Gasteiger partial charge on any atom is -0.0654 e. The van der Waals surface area contributed by atoms with Crippen LogP contribution in [0, 0.1) is 24.2 Å². The normalized spacial score (nSPS) is 17.5. The van der Waals surface area contributed by atoms with Crippen LogP contribution in [0.25, 0.3) is 0 Å². The third-order valence-corrected chi connectivity index (χ3v) is 3.12. The predicted molar refractivity (Wildman–Crippen MR) is 57.0 cm³/mol. The molecule has 2 atom stereocenters. The first-order valence-corrected chi connectivity index (χ1v) is 5.28. The summed E-state index contributed by atoms with van der Waals surface area (Å²) in [7, 11) is 0. The van der Waals surface area contributed by atoms with Crippen molar-refractivity contribution in [2.75, 3.05) is 0 Å². The summed E-state index contributed by atoms with van der Waals surface area (Å²) in [6, 6.07) is 0. The molecule has 0 aromatic rings. The molecule has 0 spiro atoms. The minimum atomic E-state index is 0.232. The Morgan fingerprint density at radius 3 is 2.00 bits per heavy atom. The monoisotopic (exact) mass is 169 g/mol. The van der Waals surface area contributed by atoms with Gasteiger partial charge in [-0.25, -0.2) is 0 Å². The Labute approximate surface area is 78.8 Å². The van der Waals surface area contributed by atoms with Crippen molar-refractivity contribution in [1.29, 1.82) is 0 Å². The van der Waals surface area contributed by atoms with Gasteiger partial charge in [-0.2, -0.15) is 0 Å². The number of hydrogen-bond acceptors (Lipinski definition) is 0. The highest BCUT2D eigenvalue weighted by Gasteiger charge is 2.26. The van der Waals surface area contributed by atoms with Crippen LogP contribution in [0.4, 0.5) is 0 Å². The highest BCUT2D eigenvalue weighted by atomic mass is 14.3. The van der Waals surface area contributed by atoms with E-state index in [1.54, 1.807) is 0 Å². The van der Waals surface area contributed by atoms with Crippen molar-refractivity contribution in [3.63, 3.8) is 0 Å². The summed E-state index contributed by atoms with van der Waals surface area (Å²) in [6.45, 7) is 15.6. The Hall–Kier alpha value is 0. The third-order valence-electron chi connectivity index (χ3n) is 3.12. The maximum absolute atomic E-state index is 4.22. The minimum absolute atomic E-state index is 0.232. The summed E-state index contributed by atoms with van der Waals surface area (Å²) < 4.78 is 0. The molecule has 2 unspecified atom stereocenters. The quantitative estimate of drug-likeness (QED) is 0.575. The van der Waals surface area contributed by atoms with E-state index in [0.717, 1.165) is 11.8 Å². The second-order valence-corrected chi connectivity index (χ2v) is 4.73. The number of hydrogen-bond donors (Lipinski definition) is 0. The van der Waals surface area contributed by atoms with Crippen molar-refractivity contribution in [2.45, 2.75) is 53.9 Å². The third kappa shape index (κ3) is 3.60. The second kappa shape index (κ2) is 4.89. The van der Waals surface area contributed by atoms with Crippen LogP contribution in [0.2, 0.25) is 0 Å². The van der Waals surface area contributed by atoms with Crippen LogP contribution in [-0.4, -0.2) is 0 Å². The van der Waals surface area contributed by atoms with Crippen LogP contribution in [0.3, 0.4) is 0 Å². The molecule has 0 saturated carbocycles.